The van der Waals surface area contributed by atoms with E-state index in [0.717, 1.165) is 19.4 Å². The van der Waals surface area contributed by atoms with Gasteiger partial charge in [0.15, 0.2) is 0 Å². The average Bonchev–Trinajstić information content (AvgIpc) is 3.29. The van der Waals surface area contributed by atoms with Crippen molar-refractivity contribution in [3.8, 4) is 5.75 Å². The van der Waals surface area contributed by atoms with Gasteiger partial charge in [-0.1, -0.05) is 12.1 Å². The molecule has 2 aromatic rings. The number of hydrogen-bond donors (Lipinski definition) is 1. The molecular formula is C20H23NO6. The Hall–Kier alpha value is -2.80. The first-order valence-corrected chi connectivity index (χ1v) is 8.87. The number of carbonyl (C=O) groups is 2. The summed E-state index contributed by atoms with van der Waals surface area (Å²) in [5.41, 5.74) is 0.547. The van der Waals surface area contributed by atoms with Crippen LogP contribution in [-0.4, -0.2) is 48.2 Å². The Morgan fingerprint density at radius 1 is 1.30 bits per heavy atom. The number of aryl methyl sites for hydroxylation is 1. The Kier molecular flexibility index (Phi) is 5.81. The standard InChI is InChI=1S/C20H23NO6/c1-13-17(20(23)24)10-15(27-13)11-21(2)19(22)16-7-3-4-8-18(16)26-12-14-6-5-9-25-14/h3-4,7-8,10,14H,5-6,9,11-12H2,1-2H3,(H,23,24)/t14-/m0/s1. The Labute approximate surface area is 157 Å². The van der Waals surface area contributed by atoms with Crippen molar-refractivity contribution >= 4 is 11.9 Å². The summed E-state index contributed by atoms with van der Waals surface area (Å²) in [6, 6.07) is 8.51. The van der Waals surface area contributed by atoms with Crippen molar-refractivity contribution in [2.24, 2.45) is 0 Å². The van der Waals surface area contributed by atoms with Crippen LogP contribution in [0, 0.1) is 6.92 Å². The first-order valence-electron chi connectivity index (χ1n) is 8.87. The van der Waals surface area contributed by atoms with Gasteiger partial charge >= 0.3 is 5.97 Å². The monoisotopic (exact) mass is 373 g/mol. The zero-order valence-electron chi connectivity index (χ0n) is 15.4. The fourth-order valence-corrected chi connectivity index (χ4v) is 3.07. The molecule has 0 unspecified atom stereocenters. The molecule has 7 nitrogen and oxygen atoms in total. The molecule has 1 N–H and O–H groups in total. The molecule has 0 radical (unpaired) electrons. The molecule has 3 rings (SSSR count). The number of carboxylic acid groups (broad SMARTS) is 1. The maximum Gasteiger partial charge on any atom is 0.339 e. The Morgan fingerprint density at radius 2 is 2.07 bits per heavy atom. The number of para-hydroxylation sites is 1. The van der Waals surface area contributed by atoms with E-state index in [1.807, 2.05) is 6.07 Å². The maximum absolute atomic E-state index is 12.8. The van der Waals surface area contributed by atoms with E-state index in [1.54, 1.807) is 32.2 Å². The van der Waals surface area contributed by atoms with Gasteiger partial charge in [-0.2, -0.15) is 0 Å². The first kappa shape index (κ1) is 19.0. The van der Waals surface area contributed by atoms with E-state index in [-0.39, 0.29) is 24.1 Å². The third kappa shape index (κ3) is 4.49. The molecule has 2 heterocycles. The minimum atomic E-state index is -1.05. The van der Waals surface area contributed by atoms with E-state index in [0.29, 0.717) is 29.4 Å². The number of benzene rings is 1. The molecule has 0 bridgehead atoms. The zero-order valence-corrected chi connectivity index (χ0v) is 15.4. The van der Waals surface area contributed by atoms with E-state index in [4.69, 9.17) is 19.0 Å². The summed E-state index contributed by atoms with van der Waals surface area (Å²) in [4.78, 5) is 25.5. The van der Waals surface area contributed by atoms with Gasteiger partial charge in [-0.25, -0.2) is 4.79 Å². The van der Waals surface area contributed by atoms with E-state index in [9.17, 15) is 9.59 Å². The molecule has 1 aromatic heterocycles. The number of nitrogens with zero attached hydrogens (tertiary/aromatic N) is 1. The second-order valence-electron chi connectivity index (χ2n) is 6.59. The SMILES string of the molecule is Cc1oc(CN(C)C(=O)c2ccccc2OC[C@@H]2CCCO2)cc1C(=O)O. The third-order valence-corrected chi connectivity index (χ3v) is 4.51. The van der Waals surface area contributed by atoms with Crippen molar-refractivity contribution < 1.29 is 28.6 Å². The van der Waals surface area contributed by atoms with E-state index in [1.165, 1.54) is 11.0 Å². The summed E-state index contributed by atoms with van der Waals surface area (Å²) in [7, 11) is 1.64. The molecular weight excluding hydrogens is 350 g/mol. The molecule has 144 valence electrons. The second kappa shape index (κ2) is 8.26. The van der Waals surface area contributed by atoms with Crippen molar-refractivity contribution in [1.29, 1.82) is 0 Å². The minimum absolute atomic E-state index is 0.0615. The molecule has 1 atom stereocenters. The first-order chi connectivity index (χ1) is 13.0. The van der Waals surface area contributed by atoms with Crippen molar-refractivity contribution in [1.82, 2.24) is 4.90 Å². The Balaban J connectivity index is 1.69. The van der Waals surface area contributed by atoms with Crippen LogP contribution in [0.15, 0.2) is 34.7 Å². The largest absolute Gasteiger partial charge is 0.490 e. The Bertz CT molecular complexity index is 822. The van der Waals surface area contributed by atoms with E-state index < -0.39 is 5.97 Å². The molecule has 1 amide bonds. The quantitative estimate of drug-likeness (QED) is 0.802. The van der Waals surface area contributed by atoms with E-state index >= 15 is 0 Å². The lowest BCUT2D eigenvalue weighted by molar-refractivity contribution is 0.0654. The lowest BCUT2D eigenvalue weighted by Gasteiger charge is -2.19. The highest BCUT2D eigenvalue weighted by Gasteiger charge is 2.21. The van der Waals surface area contributed by atoms with Gasteiger partial charge in [0.1, 0.15) is 29.4 Å². The number of furan rings is 1. The van der Waals surface area contributed by atoms with Gasteiger partial charge in [0.2, 0.25) is 0 Å². The lowest BCUT2D eigenvalue weighted by Crippen LogP contribution is -2.27. The van der Waals surface area contributed by atoms with Gasteiger partial charge in [0.05, 0.1) is 18.2 Å². The summed E-state index contributed by atoms with van der Waals surface area (Å²) in [5.74, 6) is -0.0444. The normalized spacial score (nSPS) is 16.3. The summed E-state index contributed by atoms with van der Waals surface area (Å²) in [6.07, 6.45) is 2.05. The number of carbonyl (C=O) groups excluding carboxylic acids is 1. The smallest absolute Gasteiger partial charge is 0.339 e. The van der Waals surface area contributed by atoms with Crippen molar-refractivity contribution in [3.05, 3.63) is 53.0 Å². The van der Waals surface area contributed by atoms with Crippen molar-refractivity contribution in [2.45, 2.75) is 32.4 Å². The number of hydrogen-bond acceptors (Lipinski definition) is 5. The molecule has 1 aliphatic rings. The molecule has 1 aromatic carbocycles. The summed E-state index contributed by atoms with van der Waals surface area (Å²) in [5, 5.41) is 9.12. The number of carboxylic acids is 1. The van der Waals surface area contributed by atoms with Gasteiger partial charge in [-0.3, -0.25) is 4.79 Å². The number of aromatic carboxylic acids is 1. The minimum Gasteiger partial charge on any atom is -0.490 e. The molecule has 0 saturated carbocycles. The number of amides is 1. The topological polar surface area (TPSA) is 89.2 Å². The lowest BCUT2D eigenvalue weighted by atomic mass is 10.1. The Morgan fingerprint density at radius 3 is 2.74 bits per heavy atom. The van der Waals surface area contributed by atoms with Crippen LogP contribution < -0.4 is 4.74 Å². The number of rotatable bonds is 7. The van der Waals surface area contributed by atoms with Crippen LogP contribution in [0.5, 0.6) is 5.75 Å². The van der Waals surface area contributed by atoms with Crippen LogP contribution in [0.1, 0.15) is 45.1 Å². The molecule has 27 heavy (non-hydrogen) atoms. The summed E-state index contributed by atoms with van der Waals surface area (Å²) in [6.45, 7) is 2.90. The highest BCUT2D eigenvalue weighted by atomic mass is 16.5. The third-order valence-electron chi connectivity index (χ3n) is 4.51. The van der Waals surface area contributed by atoms with Crippen molar-refractivity contribution in [3.63, 3.8) is 0 Å². The molecule has 0 aliphatic carbocycles. The van der Waals surface area contributed by atoms with Crippen molar-refractivity contribution in [2.75, 3.05) is 20.3 Å². The molecule has 7 heteroatoms. The van der Waals surface area contributed by atoms with Crippen LogP contribution >= 0.6 is 0 Å². The zero-order chi connectivity index (χ0) is 19.4. The van der Waals surface area contributed by atoms with Gasteiger partial charge in [0.25, 0.3) is 5.91 Å². The van der Waals surface area contributed by atoms with Gasteiger partial charge in [-0.15, -0.1) is 0 Å². The van der Waals surface area contributed by atoms with Crippen LogP contribution in [0.25, 0.3) is 0 Å². The fraction of sp³-hybridized carbons (Fsp3) is 0.400. The molecule has 1 aliphatic heterocycles. The average molecular weight is 373 g/mol. The maximum atomic E-state index is 12.8. The predicted molar refractivity (Wildman–Crippen MR) is 97.1 cm³/mol. The second-order valence-corrected chi connectivity index (χ2v) is 6.59. The van der Waals surface area contributed by atoms with Crippen LogP contribution in [-0.2, 0) is 11.3 Å². The highest BCUT2D eigenvalue weighted by Crippen LogP contribution is 2.23. The molecule has 0 spiro atoms. The van der Waals surface area contributed by atoms with Gasteiger partial charge in [-0.05, 0) is 38.0 Å². The summed E-state index contributed by atoms with van der Waals surface area (Å²) < 4.78 is 16.8. The molecule has 1 fully saturated rings. The number of ether oxygens (including phenoxy) is 2. The van der Waals surface area contributed by atoms with Gasteiger partial charge < -0.3 is 23.9 Å². The highest BCUT2D eigenvalue weighted by molar-refractivity contribution is 5.96. The van der Waals surface area contributed by atoms with Crippen LogP contribution in [0.3, 0.4) is 0 Å². The molecule has 1 saturated heterocycles. The van der Waals surface area contributed by atoms with E-state index in [2.05, 4.69) is 0 Å². The van der Waals surface area contributed by atoms with Gasteiger partial charge in [0, 0.05) is 13.7 Å². The predicted octanol–water partition coefficient (Wildman–Crippen LogP) is 3.12. The summed E-state index contributed by atoms with van der Waals surface area (Å²) >= 11 is 0. The van der Waals surface area contributed by atoms with Crippen LogP contribution in [0.4, 0.5) is 0 Å². The van der Waals surface area contributed by atoms with Crippen LogP contribution in [0.2, 0.25) is 0 Å². The fourth-order valence-electron chi connectivity index (χ4n) is 3.07.